The van der Waals surface area contributed by atoms with Gasteiger partial charge in [-0.3, -0.25) is 9.48 Å². The number of hydrogen-bond donors (Lipinski definition) is 3. The van der Waals surface area contributed by atoms with Gasteiger partial charge >= 0.3 is 0 Å². The predicted molar refractivity (Wildman–Crippen MR) is 89.3 cm³/mol. The normalized spacial score (nSPS) is 15.3. The molecule has 2 aromatic rings. The van der Waals surface area contributed by atoms with Crippen LogP contribution >= 0.6 is 11.3 Å². The molecule has 2 heterocycles. The molecule has 23 heavy (non-hydrogen) atoms. The van der Waals surface area contributed by atoms with Gasteiger partial charge in [-0.25, -0.2) is 0 Å². The van der Waals surface area contributed by atoms with Crippen molar-refractivity contribution in [3.63, 3.8) is 0 Å². The monoisotopic (exact) mass is 333 g/mol. The number of nitrogens with zero attached hydrogens (tertiary/aromatic N) is 3. The molecule has 8 heteroatoms. The average molecular weight is 333 g/mol. The van der Waals surface area contributed by atoms with E-state index in [4.69, 9.17) is 5.21 Å². The van der Waals surface area contributed by atoms with Crippen molar-refractivity contribution in [3.05, 3.63) is 35.0 Å². The predicted octanol–water partition coefficient (Wildman–Crippen LogP) is 2.61. The number of amidine groups is 1. The number of oxime groups is 1. The fourth-order valence-corrected chi connectivity index (χ4v) is 3.08. The molecule has 2 aromatic heterocycles. The molecule has 1 amide bonds. The molecule has 1 saturated carbocycles. The van der Waals surface area contributed by atoms with Crippen LogP contribution in [0, 0.1) is 6.92 Å². The molecular weight excluding hydrogens is 314 g/mol. The molecule has 0 spiro atoms. The summed E-state index contributed by atoms with van der Waals surface area (Å²) in [6, 6.07) is 5.86. The molecule has 0 aromatic carbocycles. The van der Waals surface area contributed by atoms with Gasteiger partial charge in [-0.2, -0.15) is 5.10 Å². The van der Waals surface area contributed by atoms with Crippen LogP contribution in [-0.2, 0) is 0 Å². The summed E-state index contributed by atoms with van der Waals surface area (Å²) in [5, 5.41) is 25.2. The fourth-order valence-electron chi connectivity index (χ4n) is 2.45. The van der Waals surface area contributed by atoms with Gasteiger partial charge in [0.25, 0.3) is 5.91 Å². The molecular formula is C15H19N5O2S. The van der Waals surface area contributed by atoms with E-state index in [9.17, 15) is 4.79 Å². The van der Waals surface area contributed by atoms with Crippen molar-refractivity contribution >= 4 is 28.1 Å². The molecule has 0 bridgehead atoms. The van der Waals surface area contributed by atoms with E-state index in [0.29, 0.717) is 11.7 Å². The number of hydrogen-bond acceptors (Lipinski definition) is 5. The topological polar surface area (TPSA) is 91.5 Å². The van der Waals surface area contributed by atoms with Crippen LogP contribution in [0.2, 0.25) is 0 Å². The Kier molecular flexibility index (Phi) is 4.61. The van der Waals surface area contributed by atoms with Gasteiger partial charge in [0.05, 0.1) is 23.3 Å². The number of carbonyl (C=O) groups is 1. The van der Waals surface area contributed by atoms with Gasteiger partial charge in [0, 0.05) is 0 Å². The molecule has 1 aliphatic carbocycles. The Morgan fingerprint density at radius 3 is 3.00 bits per heavy atom. The summed E-state index contributed by atoms with van der Waals surface area (Å²) < 4.78 is 1.82. The first-order valence-electron chi connectivity index (χ1n) is 7.53. The molecule has 7 nitrogen and oxygen atoms in total. The summed E-state index contributed by atoms with van der Waals surface area (Å²) in [5.41, 5.74) is 1.38. The third-order valence-corrected chi connectivity index (χ3v) is 4.62. The number of aryl methyl sites for hydroxylation is 1. The van der Waals surface area contributed by atoms with Gasteiger partial charge in [-0.05, 0) is 49.8 Å². The van der Waals surface area contributed by atoms with Crippen molar-refractivity contribution in [2.45, 2.75) is 32.2 Å². The van der Waals surface area contributed by atoms with Crippen LogP contribution in [0.3, 0.4) is 0 Å². The summed E-state index contributed by atoms with van der Waals surface area (Å²) in [5.74, 6) is 0.0684. The zero-order chi connectivity index (χ0) is 16.2. The Bertz CT molecular complexity index is 704. The highest BCUT2D eigenvalue weighted by Crippen LogP contribution is 2.32. The fraction of sp³-hybridized carbons (Fsp3) is 0.400. The van der Waals surface area contributed by atoms with Crippen LogP contribution in [0.25, 0.3) is 0 Å². The molecule has 1 aliphatic rings. The second-order valence-electron chi connectivity index (χ2n) is 5.53. The van der Waals surface area contributed by atoms with Crippen LogP contribution in [0.5, 0.6) is 0 Å². The van der Waals surface area contributed by atoms with Gasteiger partial charge in [-0.1, -0.05) is 5.16 Å². The molecule has 122 valence electrons. The van der Waals surface area contributed by atoms with Crippen LogP contribution in [0.1, 0.15) is 41.5 Å². The van der Waals surface area contributed by atoms with Crippen LogP contribution in [-0.4, -0.2) is 33.3 Å². The van der Waals surface area contributed by atoms with Crippen molar-refractivity contribution in [3.8, 4) is 0 Å². The van der Waals surface area contributed by atoms with E-state index < -0.39 is 0 Å². The van der Waals surface area contributed by atoms with Gasteiger partial charge < -0.3 is 15.8 Å². The largest absolute Gasteiger partial charge is 0.409 e. The number of amides is 1. The summed E-state index contributed by atoms with van der Waals surface area (Å²) in [6.07, 6.45) is 3.30. The molecule has 3 N–H and O–H groups in total. The summed E-state index contributed by atoms with van der Waals surface area (Å²) in [4.78, 5) is 12.4. The quantitative estimate of drug-likeness (QED) is 0.339. The number of anilines is 1. The Labute approximate surface area is 138 Å². The Morgan fingerprint density at radius 2 is 2.39 bits per heavy atom. The highest BCUT2D eigenvalue weighted by atomic mass is 32.1. The first-order valence-corrected chi connectivity index (χ1v) is 8.41. The maximum absolute atomic E-state index is 12.4. The van der Waals surface area contributed by atoms with Gasteiger partial charge in [-0.15, -0.1) is 11.3 Å². The Hall–Kier alpha value is -2.35. The number of thiophene rings is 1. The number of nitrogens with one attached hydrogen (secondary N) is 2. The molecule has 0 radical (unpaired) electrons. The summed E-state index contributed by atoms with van der Waals surface area (Å²) in [7, 11) is 0. The molecule has 0 aliphatic heterocycles. The maximum atomic E-state index is 12.4. The summed E-state index contributed by atoms with van der Waals surface area (Å²) >= 11 is 1.49. The van der Waals surface area contributed by atoms with E-state index in [1.54, 1.807) is 6.07 Å². The lowest BCUT2D eigenvalue weighted by molar-refractivity contribution is 0.0941. The van der Waals surface area contributed by atoms with Crippen LogP contribution in [0.15, 0.2) is 28.7 Å². The highest BCUT2D eigenvalue weighted by molar-refractivity contribution is 7.14. The second-order valence-corrected chi connectivity index (χ2v) is 6.48. The minimum Gasteiger partial charge on any atom is -0.409 e. The minimum atomic E-state index is -0.216. The van der Waals surface area contributed by atoms with Crippen molar-refractivity contribution in [2.75, 3.05) is 11.9 Å². The lowest BCUT2D eigenvalue weighted by atomic mass is 9.93. The van der Waals surface area contributed by atoms with E-state index in [1.165, 1.54) is 17.8 Å². The van der Waals surface area contributed by atoms with E-state index in [-0.39, 0.29) is 18.3 Å². The van der Waals surface area contributed by atoms with Crippen molar-refractivity contribution in [2.24, 2.45) is 5.16 Å². The standard InChI is InChI=1S/C15H19N5O2S/c1-10-8-12(20(18-10)11-4-2-5-11)15(21)16-9-13(19-22)17-14-6-3-7-23-14/h3,6-8,11,22H,2,4-5,9H2,1H3,(H,16,21)(H,17,19). The van der Waals surface area contributed by atoms with E-state index in [1.807, 2.05) is 29.1 Å². The van der Waals surface area contributed by atoms with E-state index in [2.05, 4.69) is 20.9 Å². The number of aromatic nitrogens is 2. The minimum absolute atomic E-state index is 0.113. The zero-order valence-corrected chi connectivity index (χ0v) is 13.6. The Balaban J connectivity index is 1.62. The Morgan fingerprint density at radius 1 is 1.57 bits per heavy atom. The van der Waals surface area contributed by atoms with Crippen molar-refractivity contribution in [1.82, 2.24) is 15.1 Å². The first kappa shape index (κ1) is 15.5. The number of rotatable bonds is 5. The molecule has 1 fully saturated rings. The first-order chi connectivity index (χ1) is 11.2. The second kappa shape index (κ2) is 6.82. The SMILES string of the molecule is Cc1cc(C(=O)NCC(=NO)Nc2cccs2)n(C2CCC2)n1. The lowest BCUT2D eigenvalue weighted by Crippen LogP contribution is -2.35. The van der Waals surface area contributed by atoms with Gasteiger partial charge in [0.15, 0.2) is 5.84 Å². The lowest BCUT2D eigenvalue weighted by Gasteiger charge is -2.27. The summed E-state index contributed by atoms with van der Waals surface area (Å²) in [6.45, 7) is 1.99. The molecule has 0 saturated heterocycles. The third-order valence-electron chi connectivity index (χ3n) is 3.84. The molecule has 3 rings (SSSR count). The molecule has 0 unspecified atom stereocenters. The average Bonchev–Trinajstić information content (AvgIpc) is 3.11. The highest BCUT2D eigenvalue weighted by Gasteiger charge is 2.25. The van der Waals surface area contributed by atoms with Gasteiger partial charge in [0.1, 0.15) is 5.69 Å². The smallest absolute Gasteiger partial charge is 0.269 e. The molecule has 0 atom stereocenters. The number of carbonyl (C=O) groups excluding carboxylic acids is 1. The van der Waals surface area contributed by atoms with Crippen molar-refractivity contribution < 1.29 is 10.0 Å². The van der Waals surface area contributed by atoms with E-state index >= 15 is 0 Å². The van der Waals surface area contributed by atoms with Crippen LogP contribution < -0.4 is 10.6 Å². The maximum Gasteiger partial charge on any atom is 0.269 e. The van der Waals surface area contributed by atoms with Crippen molar-refractivity contribution in [1.29, 1.82) is 0 Å². The third kappa shape index (κ3) is 3.53. The zero-order valence-electron chi connectivity index (χ0n) is 12.8. The van der Waals surface area contributed by atoms with E-state index in [0.717, 1.165) is 23.5 Å². The van der Waals surface area contributed by atoms with Crippen LogP contribution in [0.4, 0.5) is 5.00 Å². The van der Waals surface area contributed by atoms with Gasteiger partial charge in [0.2, 0.25) is 0 Å².